The molecule has 0 fully saturated rings. The maximum absolute atomic E-state index is 10.7. The van der Waals surface area contributed by atoms with E-state index in [1.165, 1.54) is 0 Å². The van der Waals surface area contributed by atoms with Crippen LogP contribution in [0, 0.1) is 0 Å². The van der Waals surface area contributed by atoms with Crippen LogP contribution in [-0.4, -0.2) is 0 Å². The number of hydrogen-bond acceptors (Lipinski definition) is 0. The molecule has 1 heterocycles. The van der Waals surface area contributed by atoms with Gasteiger partial charge in [-0.25, -0.2) is 0 Å². The maximum atomic E-state index is 9.87. The topological polar surface area (TPSA) is 0 Å². The first kappa shape index (κ1) is 12.7. The Labute approximate surface area is 73.4 Å². The van der Waals surface area contributed by atoms with Crippen LogP contribution in [0.5, 0.6) is 0 Å². The van der Waals surface area contributed by atoms with Gasteiger partial charge in [-0.05, 0) is 22.6 Å². The summed E-state index contributed by atoms with van der Waals surface area (Å²) in [7, 11) is -10.2. The monoisotopic (exact) mass is 244 g/mol. The van der Waals surface area contributed by atoms with E-state index < -0.39 is 7.81 Å². The third kappa shape index (κ3) is 24.5. The Morgan fingerprint density at radius 1 is 0.846 bits per heavy atom. The zero-order valence-electron chi connectivity index (χ0n) is 6.43. The van der Waals surface area contributed by atoms with Crippen molar-refractivity contribution in [1.82, 2.24) is 0 Å². The van der Waals surface area contributed by atoms with Gasteiger partial charge in [0.2, 0.25) is 0 Å². The second kappa shape index (κ2) is 2.85. The average molecular weight is 244 g/mol. The fourth-order valence-corrected chi connectivity index (χ4v) is 1.15. The molecule has 80 valence electrons. The summed E-state index contributed by atoms with van der Waals surface area (Å²) < 4.78 is 59.2. The van der Waals surface area contributed by atoms with Gasteiger partial charge < -0.3 is 0 Å². The van der Waals surface area contributed by atoms with E-state index in [-0.39, 0.29) is 0 Å². The Morgan fingerprint density at radius 3 is 1.15 bits per heavy atom. The molecule has 0 aliphatic carbocycles. The van der Waals surface area contributed by atoms with E-state index in [9.17, 15) is 25.2 Å². The van der Waals surface area contributed by atoms with Crippen LogP contribution in [0.15, 0.2) is 22.9 Å². The third-order valence-electron chi connectivity index (χ3n) is 0.698. The second-order valence-corrected chi connectivity index (χ2v) is 5.90. The predicted molar refractivity (Wildman–Crippen MR) is 43.5 cm³/mol. The Bertz CT molecular complexity index is 245. The number of rotatable bonds is 0. The standard InChI is InChI=1S/C5H7S.F6P/c1-6-4-2-3-5-6;1-7(2,3,4,5)6/h2-5H,1H3;/q+1;-1. The minimum atomic E-state index is -10.7. The van der Waals surface area contributed by atoms with Crippen molar-refractivity contribution >= 4 is 18.3 Å². The van der Waals surface area contributed by atoms with Crippen LogP contribution in [-0.2, 0) is 6.26 Å². The van der Waals surface area contributed by atoms with Crippen LogP contribution in [0.4, 0.5) is 25.2 Å². The summed E-state index contributed by atoms with van der Waals surface area (Å²) in [5, 5.41) is 4.39. The summed E-state index contributed by atoms with van der Waals surface area (Å²) >= 11 is 0. The normalized spacial score (nSPS) is 16.5. The van der Waals surface area contributed by atoms with Crippen molar-refractivity contribution in [3.05, 3.63) is 22.9 Å². The molecule has 0 atom stereocenters. The molecule has 1 aromatic rings. The molecule has 0 saturated heterocycles. The first-order valence-electron chi connectivity index (χ1n) is 2.89. The van der Waals surface area contributed by atoms with Gasteiger partial charge in [-0.2, -0.15) is 0 Å². The molecule has 0 radical (unpaired) electrons. The summed E-state index contributed by atoms with van der Waals surface area (Å²) in [6.45, 7) is 0. The van der Waals surface area contributed by atoms with Gasteiger partial charge in [-0.3, -0.25) is 0 Å². The Hall–Kier alpha value is -0.290. The van der Waals surface area contributed by atoms with E-state index in [1.54, 1.807) is 0 Å². The molecule has 0 saturated carbocycles. The molecule has 0 N–H and O–H groups in total. The minimum absolute atomic E-state index is 0.466. The van der Waals surface area contributed by atoms with Crippen molar-refractivity contribution in [3.63, 3.8) is 0 Å². The van der Waals surface area contributed by atoms with Crippen LogP contribution in [0.2, 0.25) is 0 Å². The molecule has 0 spiro atoms. The summed E-state index contributed by atoms with van der Waals surface area (Å²) in [6, 6.07) is 4.17. The van der Waals surface area contributed by atoms with Crippen molar-refractivity contribution in [2.24, 2.45) is 6.26 Å². The SMILES string of the molecule is C[s+]1cccc1.F[P-](F)(F)(F)(F)F. The Morgan fingerprint density at radius 2 is 1.08 bits per heavy atom. The molecule has 0 unspecified atom stereocenters. The van der Waals surface area contributed by atoms with Gasteiger partial charge in [0.25, 0.3) is 0 Å². The Balaban J connectivity index is 0.000000223. The van der Waals surface area contributed by atoms with Crippen LogP contribution < -0.4 is 0 Å². The van der Waals surface area contributed by atoms with Crippen molar-refractivity contribution in [2.75, 3.05) is 0 Å². The zero-order chi connectivity index (χ0) is 10.8. The number of hydrogen-bond donors (Lipinski definition) is 0. The number of aryl methyl sites for hydroxylation is 1. The van der Waals surface area contributed by atoms with Crippen LogP contribution in [0.1, 0.15) is 0 Å². The van der Waals surface area contributed by atoms with Crippen molar-refractivity contribution in [3.8, 4) is 0 Å². The average Bonchev–Trinajstić information content (AvgIpc) is 2.07. The fraction of sp³-hybridized carbons (Fsp3) is 0.200. The summed E-state index contributed by atoms with van der Waals surface area (Å²) in [5.41, 5.74) is 0. The van der Waals surface area contributed by atoms with Gasteiger partial charge in [-0.1, -0.05) is 0 Å². The van der Waals surface area contributed by atoms with E-state index >= 15 is 0 Å². The number of halogens is 6. The van der Waals surface area contributed by atoms with Gasteiger partial charge in [0.05, 0.1) is 0 Å². The molecule has 1 aromatic heterocycles. The Kier molecular flexibility index (Phi) is 2.79. The molecule has 0 bridgehead atoms. The van der Waals surface area contributed by atoms with Crippen LogP contribution in [0.25, 0.3) is 0 Å². The number of thiophene rings is 1. The van der Waals surface area contributed by atoms with Gasteiger partial charge in [0, 0.05) is 0 Å². The summed E-state index contributed by atoms with van der Waals surface area (Å²) in [6.07, 6.45) is 2.19. The first-order chi connectivity index (χ1) is 5.34. The zero-order valence-corrected chi connectivity index (χ0v) is 8.14. The molecule has 0 amide bonds. The van der Waals surface area contributed by atoms with E-state index in [4.69, 9.17) is 0 Å². The van der Waals surface area contributed by atoms with Crippen molar-refractivity contribution in [1.29, 1.82) is 0 Å². The fourth-order valence-electron chi connectivity index (χ4n) is 0.384. The van der Waals surface area contributed by atoms with Crippen LogP contribution >= 0.6 is 18.3 Å². The van der Waals surface area contributed by atoms with Gasteiger partial charge in [0.1, 0.15) is 17.0 Å². The molecule has 0 nitrogen and oxygen atoms in total. The van der Waals surface area contributed by atoms with E-state index in [2.05, 4.69) is 29.1 Å². The molecule has 13 heavy (non-hydrogen) atoms. The van der Waals surface area contributed by atoms with E-state index in [0.29, 0.717) is 10.5 Å². The summed E-state index contributed by atoms with van der Waals surface area (Å²) in [5.74, 6) is 0. The predicted octanol–water partition coefficient (Wildman–Crippen LogP) is 5.36. The van der Waals surface area contributed by atoms with Gasteiger partial charge >= 0.3 is 33.0 Å². The quantitative estimate of drug-likeness (QED) is 0.327. The van der Waals surface area contributed by atoms with Crippen molar-refractivity contribution in [2.45, 2.75) is 0 Å². The van der Waals surface area contributed by atoms with Gasteiger partial charge in [-0.15, -0.1) is 0 Å². The molecule has 1 rings (SSSR count). The van der Waals surface area contributed by atoms with Crippen molar-refractivity contribution < 1.29 is 25.2 Å². The first-order valence-corrected chi connectivity index (χ1v) is 6.68. The summed E-state index contributed by atoms with van der Waals surface area (Å²) in [4.78, 5) is 0. The van der Waals surface area contributed by atoms with Crippen LogP contribution in [0.3, 0.4) is 0 Å². The molecule has 0 aliphatic rings. The molecular formula is C5H7F6PS. The molecular weight excluding hydrogens is 237 g/mol. The molecule has 0 aliphatic heterocycles. The second-order valence-electron chi connectivity index (χ2n) is 2.22. The molecule has 8 heteroatoms. The van der Waals surface area contributed by atoms with E-state index in [0.717, 1.165) is 0 Å². The molecule has 0 aromatic carbocycles. The third-order valence-corrected chi connectivity index (χ3v) is 1.87. The van der Waals surface area contributed by atoms with E-state index in [1.807, 2.05) is 0 Å². The van der Waals surface area contributed by atoms with Gasteiger partial charge in [0.15, 0.2) is 0 Å².